The average molecular weight is 311 g/mol. The van der Waals surface area contributed by atoms with Crippen molar-refractivity contribution >= 4 is 39.2 Å². The molecule has 0 aliphatic rings. The van der Waals surface area contributed by atoms with Crippen molar-refractivity contribution in [1.29, 1.82) is 0 Å². The highest BCUT2D eigenvalue weighted by atomic mass is 32.2. The van der Waals surface area contributed by atoms with Crippen LogP contribution >= 0.6 is 23.1 Å². The van der Waals surface area contributed by atoms with Crippen LogP contribution in [0.5, 0.6) is 0 Å². The summed E-state index contributed by atoms with van der Waals surface area (Å²) in [5.74, 6) is -0.412. The number of aryl methyl sites for hydroxylation is 2. The van der Waals surface area contributed by atoms with Gasteiger partial charge in [0.1, 0.15) is 4.83 Å². The third-order valence-electron chi connectivity index (χ3n) is 3.25. The highest BCUT2D eigenvalue weighted by molar-refractivity contribution is 8.00. The van der Waals surface area contributed by atoms with Crippen molar-refractivity contribution in [3.63, 3.8) is 0 Å². The number of amides is 1. The summed E-state index contributed by atoms with van der Waals surface area (Å²) in [6, 6.07) is 0. The van der Waals surface area contributed by atoms with E-state index in [-0.39, 0.29) is 5.56 Å². The normalized spacial score (nSPS) is 12.8. The number of carbonyl (C=O) groups excluding carboxylic acids is 1. The number of thiophene rings is 1. The summed E-state index contributed by atoms with van der Waals surface area (Å²) in [5.41, 5.74) is 6.23. The monoisotopic (exact) mass is 311 g/mol. The van der Waals surface area contributed by atoms with Gasteiger partial charge in [0.2, 0.25) is 5.91 Å². The van der Waals surface area contributed by atoms with Crippen LogP contribution in [0.25, 0.3) is 10.2 Å². The van der Waals surface area contributed by atoms with E-state index >= 15 is 0 Å². The smallest absolute Gasteiger partial charge is 0.263 e. The number of rotatable bonds is 4. The molecule has 108 valence electrons. The molecule has 2 rings (SSSR count). The minimum Gasteiger partial charge on any atom is -0.369 e. The first-order valence-electron chi connectivity index (χ1n) is 6.33. The van der Waals surface area contributed by atoms with Crippen LogP contribution in [-0.4, -0.2) is 20.7 Å². The lowest BCUT2D eigenvalue weighted by atomic mass is 10.2. The van der Waals surface area contributed by atoms with Crippen molar-refractivity contribution < 1.29 is 4.79 Å². The van der Waals surface area contributed by atoms with Gasteiger partial charge in [0.15, 0.2) is 5.16 Å². The van der Waals surface area contributed by atoms with Crippen LogP contribution in [-0.2, 0) is 11.3 Å². The molecule has 20 heavy (non-hydrogen) atoms. The Kier molecular flexibility index (Phi) is 4.19. The lowest BCUT2D eigenvalue weighted by Crippen LogP contribution is -2.26. The Bertz CT molecular complexity index is 733. The van der Waals surface area contributed by atoms with Crippen molar-refractivity contribution in [3.05, 3.63) is 20.8 Å². The predicted octanol–water partition coefficient (Wildman–Crippen LogP) is 2.06. The quantitative estimate of drug-likeness (QED) is 0.692. The van der Waals surface area contributed by atoms with E-state index in [1.807, 2.05) is 20.8 Å². The van der Waals surface area contributed by atoms with Crippen LogP contribution < -0.4 is 11.3 Å². The van der Waals surface area contributed by atoms with Gasteiger partial charge in [0, 0.05) is 11.4 Å². The number of hydrogen-bond acceptors (Lipinski definition) is 5. The van der Waals surface area contributed by atoms with Gasteiger partial charge in [0.05, 0.1) is 10.6 Å². The van der Waals surface area contributed by atoms with Crippen LogP contribution in [0.3, 0.4) is 0 Å². The molecule has 0 fully saturated rings. The Morgan fingerprint density at radius 1 is 1.50 bits per heavy atom. The first kappa shape index (κ1) is 15.1. The molecule has 2 N–H and O–H groups in total. The Labute approximate surface area is 125 Å². The van der Waals surface area contributed by atoms with E-state index in [4.69, 9.17) is 5.73 Å². The zero-order valence-electron chi connectivity index (χ0n) is 11.9. The maximum absolute atomic E-state index is 12.6. The summed E-state index contributed by atoms with van der Waals surface area (Å²) < 4.78 is 1.60. The Morgan fingerprint density at radius 3 is 2.70 bits per heavy atom. The third kappa shape index (κ3) is 2.47. The molecule has 1 atom stereocenters. The second kappa shape index (κ2) is 5.57. The van der Waals surface area contributed by atoms with E-state index in [9.17, 15) is 9.59 Å². The minimum absolute atomic E-state index is 0.0430. The molecule has 2 aromatic rings. The van der Waals surface area contributed by atoms with Gasteiger partial charge in [-0.25, -0.2) is 4.98 Å². The van der Waals surface area contributed by atoms with Gasteiger partial charge < -0.3 is 5.73 Å². The Morgan fingerprint density at radius 2 is 2.15 bits per heavy atom. The van der Waals surface area contributed by atoms with Gasteiger partial charge in [-0.2, -0.15) is 0 Å². The maximum atomic E-state index is 12.6. The van der Waals surface area contributed by atoms with Gasteiger partial charge in [-0.3, -0.25) is 14.2 Å². The van der Waals surface area contributed by atoms with Crippen LogP contribution in [0.2, 0.25) is 0 Å². The third-order valence-corrected chi connectivity index (χ3v) is 5.46. The first-order chi connectivity index (χ1) is 9.36. The largest absolute Gasteiger partial charge is 0.369 e. The summed E-state index contributed by atoms with van der Waals surface area (Å²) >= 11 is 2.74. The molecule has 0 aromatic carbocycles. The molecule has 0 saturated carbocycles. The molecule has 0 aliphatic heterocycles. The average Bonchev–Trinajstić information content (AvgIpc) is 2.65. The van der Waals surface area contributed by atoms with Crippen LogP contribution in [0.4, 0.5) is 0 Å². The van der Waals surface area contributed by atoms with Crippen molar-refractivity contribution in [2.45, 2.75) is 44.6 Å². The topological polar surface area (TPSA) is 78.0 Å². The molecule has 0 radical (unpaired) electrons. The molecular formula is C13H17N3O2S2. The summed E-state index contributed by atoms with van der Waals surface area (Å²) in [5, 5.41) is 0.822. The van der Waals surface area contributed by atoms with Crippen LogP contribution in [0.1, 0.15) is 24.3 Å². The zero-order chi connectivity index (χ0) is 15.0. The van der Waals surface area contributed by atoms with Crippen LogP contribution in [0, 0.1) is 13.8 Å². The molecule has 1 amide bonds. The van der Waals surface area contributed by atoms with Gasteiger partial charge in [-0.05, 0) is 33.3 Å². The summed E-state index contributed by atoms with van der Waals surface area (Å²) in [6.45, 7) is 8.05. The fourth-order valence-electron chi connectivity index (χ4n) is 1.89. The van der Waals surface area contributed by atoms with Crippen molar-refractivity contribution in [1.82, 2.24) is 9.55 Å². The number of aromatic nitrogens is 2. The van der Waals surface area contributed by atoms with E-state index in [2.05, 4.69) is 4.98 Å². The fraction of sp³-hybridized carbons (Fsp3) is 0.462. The van der Waals surface area contributed by atoms with Crippen molar-refractivity contribution in [2.24, 2.45) is 5.73 Å². The standard InChI is InChI=1S/C13H17N3O2S2/c1-5-16-12(18)9-6(2)7(3)19-11(9)15-13(16)20-8(4)10(14)17/h8H,5H2,1-4H3,(H2,14,17)/t8-/m1/s1. The molecule has 2 heterocycles. The second-order valence-corrected chi connectivity index (χ2v) is 7.08. The van der Waals surface area contributed by atoms with Crippen molar-refractivity contribution in [3.8, 4) is 0 Å². The predicted molar refractivity (Wildman–Crippen MR) is 83.5 cm³/mol. The number of hydrogen-bond donors (Lipinski definition) is 1. The Hall–Kier alpha value is -1.34. The molecule has 0 spiro atoms. The molecular weight excluding hydrogens is 294 g/mol. The van der Waals surface area contributed by atoms with E-state index in [1.165, 1.54) is 23.1 Å². The van der Waals surface area contributed by atoms with Gasteiger partial charge >= 0.3 is 0 Å². The number of nitrogens with two attached hydrogens (primary N) is 1. The zero-order valence-corrected chi connectivity index (χ0v) is 13.5. The first-order valence-corrected chi connectivity index (χ1v) is 8.02. The molecule has 0 unspecified atom stereocenters. The Balaban J connectivity index is 2.66. The number of thioether (sulfide) groups is 1. The molecule has 0 aliphatic carbocycles. The second-order valence-electron chi connectivity index (χ2n) is 4.57. The van der Waals surface area contributed by atoms with E-state index in [1.54, 1.807) is 11.5 Å². The van der Waals surface area contributed by atoms with E-state index in [0.717, 1.165) is 15.3 Å². The lowest BCUT2D eigenvalue weighted by Gasteiger charge is -2.12. The van der Waals surface area contributed by atoms with E-state index < -0.39 is 11.2 Å². The number of fused-ring (bicyclic) bond motifs is 1. The fourth-order valence-corrected chi connectivity index (χ4v) is 3.89. The van der Waals surface area contributed by atoms with Gasteiger partial charge in [-0.1, -0.05) is 11.8 Å². The molecule has 2 aromatic heterocycles. The summed E-state index contributed by atoms with van der Waals surface area (Å²) in [7, 11) is 0. The number of nitrogens with zero attached hydrogens (tertiary/aromatic N) is 2. The van der Waals surface area contributed by atoms with Gasteiger partial charge in [-0.15, -0.1) is 11.3 Å². The summed E-state index contributed by atoms with van der Waals surface area (Å²) in [6.07, 6.45) is 0. The van der Waals surface area contributed by atoms with E-state index in [0.29, 0.717) is 17.1 Å². The van der Waals surface area contributed by atoms with Crippen LogP contribution in [0.15, 0.2) is 9.95 Å². The molecule has 0 bridgehead atoms. The van der Waals surface area contributed by atoms with Gasteiger partial charge in [0.25, 0.3) is 5.56 Å². The minimum atomic E-state index is -0.417. The highest BCUT2D eigenvalue weighted by Crippen LogP contribution is 2.29. The molecule has 7 heteroatoms. The molecule has 5 nitrogen and oxygen atoms in total. The number of primary amides is 1. The van der Waals surface area contributed by atoms with Crippen molar-refractivity contribution in [2.75, 3.05) is 0 Å². The number of carbonyl (C=O) groups is 1. The summed E-state index contributed by atoms with van der Waals surface area (Å²) in [4.78, 5) is 30.1. The molecule has 0 saturated heterocycles. The lowest BCUT2D eigenvalue weighted by molar-refractivity contribution is -0.117. The maximum Gasteiger partial charge on any atom is 0.263 e. The highest BCUT2D eigenvalue weighted by Gasteiger charge is 2.19. The SMILES string of the molecule is CCn1c(S[C@H](C)C(N)=O)nc2sc(C)c(C)c2c1=O.